The summed E-state index contributed by atoms with van der Waals surface area (Å²) in [5.41, 5.74) is 6.76. The summed E-state index contributed by atoms with van der Waals surface area (Å²) in [7, 11) is 0. The first-order valence-corrected chi connectivity index (χ1v) is 6.09. The van der Waals surface area contributed by atoms with Gasteiger partial charge in [0.25, 0.3) is 5.91 Å². The summed E-state index contributed by atoms with van der Waals surface area (Å²) in [5, 5.41) is 6.42. The average molecular weight is 259 g/mol. The van der Waals surface area contributed by atoms with Gasteiger partial charge in [0.2, 0.25) is 0 Å². The summed E-state index contributed by atoms with van der Waals surface area (Å²) in [6, 6.07) is 7.24. The third-order valence-electron chi connectivity index (χ3n) is 2.77. The number of nitrogens with zero attached hydrogens (tertiary/aromatic N) is 3. The molecule has 3 N–H and O–H groups in total. The summed E-state index contributed by atoms with van der Waals surface area (Å²) in [5.74, 6) is 0.176. The maximum Gasteiger partial charge on any atom is 0.272 e. The predicted molar refractivity (Wildman–Crippen MR) is 72.2 cm³/mol. The number of amides is 1. The number of pyridine rings is 1. The quantitative estimate of drug-likeness (QED) is 0.869. The van der Waals surface area contributed by atoms with Crippen LogP contribution in [-0.4, -0.2) is 32.0 Å². The van der Waals surface area contributed by atoms with Crippen molar-refractivity contribution in [2.24, 2.45) is 0 Å². The fourth-order valence-corrected chi connectivity index (χ4v) is 1.76. The number of rotatable bonds is 4. The molecular weight excluding hydrogens is 242 g/mol. The zero-order valence-electron chi connectivity index (χ0n) is 11.0. The maximum absolute atomic E-state index is 12.4. The van der Waals surface area contributed by atoms with Crippen LogP contribution in [0.2, 0.25) is 0 Å². The van der Waals surface area contributed by atoms with Crippen LogP contribution >= 0.6 is 0 Å². The Hall–Kier alpha value is -2.37. The van der Waals surface area contributed by atoms with Crippen LogP contribution in [0.25, 0.3) is 0 Å². The van der Waals surface area contributed by atoms with Crippen molar-refractivity contribution in [3.8, 4) is 0 Å². The molecule has 2 aromatic heterocycles. The van der Waals surface area contributed by atoms with Crippen molar-refractivity contribution < 1.29 is 4.79 Å². The van der Waals surface area contributed by atoms with Gasteiger partial charge >= 0.3 is 0 Å². The molecule has 0 aliphatic heterocycles. The highest BCUT2D eigenvalue weighted by Crippen LogP contribution is 2.12. The number of carbonyl (C=O) groups is 1. The molecule has 6 heteroatoms. The molecule has 100 valence electrons. The van der Waals surface area contributed by atoms with Gasteiger partial charge < -0.3 is 10.6 Å². The van der Waals surface area contributed by atoms with Crippen molar-refractivity contribution in [2.75, 3.05) is 5.73 Å². The van der Waals surface area contributed by atoms with Gasteiger partial charge in [0.05, 0.1) is 12.2 Å². The molecule has 0 bridgehead atoms. The molecule has 1 amide bonds. The lowest BCUT2D eigenvalue weighted by atomic mass is 10.2. The largest absolute Gasteiger partial charge is 0.382 e. The smallest absolute Gasteiger partial charge is 0.272 e. The molecule has 0 saturated carbocycles. The number of carbonyl (C=O) groups excluding carboxylic acids is 1. The van der Waals surface area contributed by atoms with Crippen LogP contribution in [-0.2, 0) is 6.54 Å². The van der Waals surface area contributed by atoms with E-state index in [0.717, 1.165) is 5.69 Å². The summed E-state index contributed by atoms with van der Waals surface area (Å²) >= 11 is 0. The molecule has 0 spiro atoms. The molecule has 6 nitrogen and oxygen atoms in total. The van der Waals surface area contributed by atoms with Gasteiger partial charge in [0.1, 0.15) is 11.5 Å². The van der Waals surface area contributed by atoms with Crippen LogP contribution in [0.15, 0.2) is 30.5 Å². The zero-order valence-corrected chi connectivity index (χ0v) is 11.0. The number of nitrogens with one attached hydrogen (secondary N) is 1. The van der Waals surface area contributed by atoms with Crippen molar-refractivity contribution in [3.05, 3.63) is 41.9 Å². The van der Waals surface area contributed by atoms with Gasteiger partial charge in [0, 0.05) is 18.3 Å². The van der Waals surface area contributed by atoms with E-state index in [4.69, 9.17) is 5.73 Å². The van der Waals surface area contributed by atoms with Crippen LogP contribution in [0.1, 0.15) is 30.0 Å². The number of nitrogens with two attached hydrogens (primary N) is 1. The van der Waals surface area contributed by atoms with Gasteiger partial charge in [-0.25, -0.2) is 0 Å². The van der Waals surface area contributed by atoms with E-state index in [2.05, 4.69) is 15.2 Å². The second-order valence-corrected chi connectivity index (χ2v) is 4.55. The minimum absolute atomic E-state index is 0.0547. The number of hydrogen-bond donors (Lipinski definition) is 2. The first kappa shape index (κ1) is 13.1. The highest BCUT2D eigenvalue weighted by atomic mass is 16.2. The lowest BCUT2D eigenvalue weighted by Crippen LogP contribution is -2.36. The molecule has 0 atom stereocenters. The summed E-state index contributed by atoms with van der Waals surface area (Å²) in [6.07, 6.45) is 1.71. The maximum atomic E-state index is 12.4. The van der Waals surface area contributed by atoms with Crippen molar-refractivity contribution in [2.45, 2.75) is 26.4 Å². The van der Waals surface area contributed by atoms with E-state index in [1.165, 1.54) is 6.07 Å². The van der Waals surface area contributed by atoms with Gasteiger partial charge in [-0.15, -0.1) is 0 Å². The first-order chi connectivity index (χ1) is 9.08. The van der Waals surface area contributed by atoms with E-state index in [9.17, 15) is 4.79 Å². The molecule has 0 radical (unpaired) electrons. The monoisotopic (exact) mass is 259 g/mol. The molecular formula is C13H17N5O. The molecule has 0 aromatic carbocycles. The van der Waals surface area contributed by atoms with Gasteiger partial charge in [0.15, 0.2) is 0 Å². The average Bonchev–Trinajstić information content (AvgIpc) is 2.83. The molecule has 19 heavy (non-hydrogen) atoms. The van der Waals surface area contributed by atoms with Crippen LogP contribution < -0.4 is 5.73 Å². The van der Waals surface area contributed by atoms with Gasteiger partial charge in [-0.05, 0) is 26.0 Å². The van der Waals surface area contributed by atoms with E-state index in [1.54, 1.807) is 11.1 Å². The lowest BCUT2D eigenvalue weighted by molar-refractivity contribution is 0.0681. The van der Waals surface area contributed by atoms with Gasteiger partial charge in [-0.2, -0.15) is 5.10 Å². The lowest BCUT2D eigenvalue weighted by Gasteiger charge is -2.25. The minimum Gasteiger partial charge on any atom is -0.382 e. The van der Waals surface area contributed by atoms with E-state index >= 15 is 0 Å². The molecule has 0 unspecified atom stereocenters. The van der Waals surface area contributed by atoms with E-state index < -0.39 is 0 Å². The number of H-pyrrole nitrogens is 1. The molecule has 0 aliphatic rings. The van der Waals surface area contributed by atoms with Crippen LogP contribution in [0, 0.1) is 0 Å². The van der Waals surface area contributed by atoms with Crippen LogP contribution in [0.4, 0.5) is 5.82 Å². The minimum atomic E-state index is -0.134. The van der Waals surface area contributed by atoms with Crippen molar-refractivity contribution in [3.63, 3.8) is 0 Å². The van der Waals surface area contributed by atoms with Crippen molar-refractivity contribution >= 4 is 11.7 Å². The van der Waals surface area contributed by atoms with E-state index in [1.807, 2.05) is 32.0 Å². The normalized spacial score (nSPS) is 10.7. The number of hydrogen-bond acceptors (Lipinski definition) is 4. The number of anilines is 1. The Labute approximate surface area is 111 Å². The zero-order chi connectivity index (χ0) is 13.8. The molecule has 2 aromatic rings. The second-order valence-electron chi connectivity index (χ2n) is 4.55. The Balaban J connectivity index is 2.19. The van der Waals surface area contributed by atoms with E-state index in [-0.39, 0.29) is 11.9 Å². The molecule has 2 rings (SSSR count). The Morgan fingerprint density at radius 2 is 2.26 bits per heavy atom. The molecule has 0 fully saturated rings. The van der Waals surface area contributed by atoms with Crippen LogP contribution in [0.5, 0.6) is 0 Å². The number of nitrogen functional groups attached to an aromatic ring is 1. The van der Waals surface area contributed by atoms with E-state index in [0.29, 0.717) is 18.1 Å². The standard InChI is InChI=1S/C13H17N5O/c1-9(2)18(8-10-5-3-4-6-15-10)13(19)11-7-12(14)17-16-11/h3-7,9H,8H2,1-2H3,(H3,14,16,17). The third-order valence-corrected chi connectivity index (χ3v) is 2.77. The topological polar surface area (TPSA) is 87.9 Å². The Kier molecular flexibility index (Phi) is 3.79. The van der Waals surface area contributed by atoms with Crippen molar-refractivity contribution in [1.82, 2.24) is 20.1 Å². The summed E-state index contributed by atoms with van der Waals surface area (Å²) < 4.78 is 0. The first-order valence-electron chi connectivity index (χ1n) is 6.09. The Morgan fingerprint density at radius 1 is 1.47 bits per heavy atom. The fourth-order valence-electron chi connectivity index (χ4n) is 1.76. The summed E-state index contributed by atoms with van der Waals surface area (Å²) in [6.45, 7) is 4.37. The van der Waals surface area contributed by atoms with Crippen molar-refractivity contribution in [1.29, 1.82) is 0 Å². The van der Waals surface area contributed by atoms with Gasteiger partial charge in [-0.3, -0.25) is 14.9 Å². The van der Waals surface area contributed by atoms with Gasteiger partial charge in [-0.1, -0.05) is 6.07 Å². The molecule has 2 heterocycles. The highest BCUT2D eigenvalue weighted by molar-refractivity contribution is 5.93. The number of aromatic nitrogens is 3. The Morgan fingerprint density at radius 3 is 2.79 bits per heavy atom. The molecule has 0 aliphatic carbocycles. The summed E-state index contributed by atoms with van der Waals surface area (Å²) in [4.78, 5) is 18.3. The molecule has 0 saturated heterocycles. The fraction of sp³-hybridized carbons (Fsp3) is 0.308. The Bertz CT molecular complexity index is 549. The highest BCUT2D eigenvalue weighted by Gasteiger charge is 2.21. The second kappa shape index (κ2) is 5.51. The SMILES string of the molecule is CC(C)N(Cc1ccccn1)C(=O)c1cc(N)n[nH]1. The van der Waals surface area contributed by atoms with Crippen LogP contribution in [0.3, 0.4) is 0 Å². The number of aromatic amines is 1. The predicted octanol–water partition coefficient (Wildman–Crippen LogP) is 1.44. The third kappa shape index (κ3) is 3.09.